The zero-order valence-electron chi connectivity index (χ0n) is 10.3. The molecule has 0 aliphatic heterocycles. The van der Waals surface area contributed by atoms with Gasteiger partial charge in [-0.05, 0) is 17.9 Å². The van der Waals surface area contributed by atoms with Crippen LogP contribution in [0.25, 0.3) is 0 Å². The number of ether oxygens (including phenoxy) is 1. The zero-order chi connectivity index (χ0) is 12.8. The van der Waals surface area contributed by atoms with Crippen molar-refractivity contribution in [3.8, 4) is 0 Å². The van der Waals surface area contributed by atoms with Gasteiger partial charge in [0, 0.05) is 11.9 Å². The maximum atomic E-state index is 12.0. The van der Waals surface area contributed by atoms with Crippen LogP contribution in [0.3, 0.4) is 0 Å². The third-order valence-electron chi connectivity index (χ3n) is 2.54. The molecule has 17 heavy (non-hydrogen) atoms. The molecule has 94 valence electrons. The maximum Gasteiger partial charge on any atom is 0.318 e. The predicted octanol–water partition coefficient (Wildman–Crippen LogP) is 1.91. The first-order valence-corrected chi connectivity index (χ1v) is 6.33. The van der Waals surface area contributed by atoms with Crippen LogP contribution < -0.4 is 0 Å². The number of carbonyl (C=O) groups excluding carboxylic acids is 2. The number of carbonyl (C=O) groups is 2. The SMILES string of the molecule is CCC(C(=O)OC)C(=O)N(C)Cc1cccs1. The number of rotatable bonds is 5. The fraction of sp³-hybridized carbons (Fsp3) is 0.500. The van der Waals surface area contributed by atoms with Crippen LogP contribution in [0.5, 0.6) is 0 Å². The van der Waals surface area contributed by atoms with Gasteiger partial charge < -0.3 is 9.64 Å². The topological polar surface area (TPSA) is 46.6 Å². The first-order chi connectivity index (χ1) is 8.10. The number of hydrogen-bond donors (Lipinski definition) is 0. The number of hydrogen-bond acceptors (Lipinski definition) is 4. The molecule has 4 nitrogen and oxygen atoms in total. The molecule has 1 atom stereocenters. The molecule has 1 rings (SSSR count). The van der Waals surface area contributed by atoms with Crippen molar-refractivity contribution < 1.29 is 14.3 Å². The second-order valence-corrected chi connectivity index (χ2v) is 4.79. The summed E-state index contributed by atoms with van der Waals surface area (Å²) in [5.74, 6) is -1.34. The van der Waals surface area contributed by atoms with E-state index >= 15 is 0 Å². The third-order valence-corrected chi connectivity index (χ3v) is 3.40. The van der Waals surface area contributed by atoms with Gasteiger partial charge in [-0.3, -0.25) is 9.59 Å². The quantitative estimate of drug-likeness (QED) is 0.596. The zero-order valence-corrected chi connectivity index (χ0v) is 11.1. The molecule has 0 aromatic carbocycles. The summed E-state index contributed by atoms with van der Waals surface area (Å²) in [7, 11) is 3.01. The molecule has 0 spiro atoms. The Labute approximate surface area is 105 Å². The highest BCUT2D eigenvalue weighted by Gasteiger charge is 2.28. The van der Waals surface area contributed by atoms with E-state index in [9.17, 15) is 9.59 Å². The van der Waals surface area contributed by atoms with Crippen LogP contribution in [0.2, 0.25) is 0 Å². The number of amides is 1. The van der Waals surface area contributed by atoms with E-state index in [1.54, 1.807) is 30.2 Å². The minimum Gasteiger partial charge on any atom is -0.468 e. The highest BCUT2D eigenvalue weighted by molar-refractivity contribution is 7.09. The molecular formula is C12H17NO3S. The summed E-state index contributed by atoms with van der Waals surface area (Å²) in [5.41, 5.74) is 0. The van der Waals surface area contributed by atoms with Gasteiger partial charge in [0.1, 0.15) is 5.92 Å². The van der Waals surface area contributed by atoms with Gasteiger partial charge in [-0.1, -0.05) is 13.0 Å². The largest absolute Gasteiger partial charge is 0.468 e. The van der Waals surface area contributed by atoms with Crippen molar-refractivity contribution in [2.45, 2.75) is 19.9 Å². The summed E-state index contributed by atoms with van der Waals surface area (Å²) in [6, 6.07) is 3.91. The highest BCUT2D eigenvalue weighted by Crippen LogP contribution is 2.14. The molecule has 1 aromatic rings. The number of nitrogens with zero attached hydrogens (tertiary/aromatic N) is 1. The standard InChI is InChI=1S/C12H17NO3S/c1-4-10(12(15)16-3)11(14)13(2)8-9-6-5-7-17-9/h5-7,10H,4,8H2,1-3H3. The van der Waals surface area contributed by atoms with Gasteiger partial charge in [-0.25, -0.2) is 0 Å². The second kappa shape index (κ2) is 6.39. The monoisotopic (exact) mass is 255 g/mol. The van der Waals surface area contributed by atoms with Crippen LogP contribution in [0.1, 0.15) is 18.2 Å². The normalized spacial score (nSPS) is 11.9. The van der Waals surface area contributed by atoms with Crippen molar-refractivity contribution in [2.75, 3.05) is 14.2 Å². The lowest BCUT2D eigenvalue weighted by molar-refractivity contribution is -0.153. The molecule has 1 amide bonds. The summed E-state index contributed by atoms with van der Waals surface area (Å²) in [6.45, 7) is 2.34. The van der Waals surface area contributed by atoms with Gasteiger partial charge in [0.25, 0.3) is 0 Å². The molecule has 0 fully saturated rings. The molecule has 1 aromatic heterocycles. The molecule has 0 saturated heterocycles. The van der Waals surface area contributed by atoms with E-state index in [0.29, 0.717) is 13.0 Å². The summed E-state index contributed by atoms with van der Waals surface area (Å²) in [5, 5.41) is 1.96. The minimum absolute atomic E-state index is 0.187. The average Bonchev–Trinajstić information content (AvgIpc) is 2.82. The van der Waals surface area contributed by atoms with Crippen LogP contribution in [0, 0.1) is 5.92 Å². The van der Waals surface area contributed by atoms with Gasteiger partial charge in [-0.2, -0.15) is 0 Å². The molecule has 0 bridgehead atoms. The Hall–Kier alpha value is -1.36. The molecular weight excluding hydrogens is 238 g/mol. The summed E-state index contributed by atoms with van der Waals surface area (Å²) >= 11 is 1.59. The van der Waals surface area contributed by atoms with Gasteiger partial charge >= 0.3 is 5.97 Å². The van der Waals surface area contributed by atoms with E-state index in [-0.39, 0.29) is 5.91 Å². The molecule has 5 heteroatoms. The van der Waals surface area contributed by atoms with Crippen LogP contribution in [-0.4, -0.2) is 30.9 Å². The molecule has 1 heterocycles. The predicted molar refractivity (Wildman–Crippen MR) is 66.6 cm³/mol. The summed E-state index contributed by atoms with van der Waals surface area (Å²) in [4.78, 5) is 26.1. The van der Waals surface area contributed by atoms with Crippen molar-refractivity contribution in [2.24, 2.45) is 5.92 Å². The van der Waals surface area contributed by atoms with E-state index in [0.717, 1.165) is 4.88 Å². The van der Waals surface area contributed by atoms with Gasteiger partial charge in [0.15, 0.2) is 0 Å². The van der Waals surface area contributed by atoms with Gasteiger partial charge in [0.2, 0.25) is 5.91 Å². The molecule has 0 radical (unpaired) electrons. The fourth-order valence-corrected chi connectivity index (χ4v) is 2.32. The smallest absolute Gasteiger partial charge is 0.318 e. The Balaban J connectivity index is 2.64. The Kier molecular flexibility index (Phi) is 5.15. The Morgan fingerprint density at radius 1 is 1.53 bits per heavy atom. The maximum absolute atomic E-state index is 12.0. The lowest BCUT2D eigenvalue weighted by atomic mass is 10.1. The molecule has 1 unspecified atom stereocenters. The van der Waals surface area contributed by atoms with E-state index in [1.165, 1.54) is 7.11 Å². The van der Waals surface area contributed by atoms with E-state index in [2.05, 4.69) is 4.74 Å². The fourth-order valence-electron chi connectivity index (χ4n) is 1.56. The lowest BCUT2D eigenvalue weighted by Gasteiger charge is -2.20. The van der Waals surface area contributed by atoms with Gasteiger partial charge in [0.05, 0.1) is 13.7 Å². The Bertz CT molecular complexity index is 375. The third kappa shape index (κ3) is 3.56. The van der Waals surface area contributed by atoms with E-state index in [4.69, 9.17) is 0 Å². The van der Waals surface area contributed by atoms with Crippen molar-refractivity contribution in [3.63, 3.8) is 0 Å². The number of methoxy groups -OCH3 is 1. The molecule has 0 aliphatic carbocycles. The van der Waals surface area contributed by atoms with Crippen LogP contribution in [-0.2, 0) is 20.9 Å². The van der Waals surface area contributed by atoms with Crippen LogP contribution in [0.15, 0.2) is 17.5 Å². The Morgan fingerprint density at radius 2 is 2.24 bits per heavy atom. The van der Waals surface area contributed by atoms with E-state index in [1.807, 2.05) is 17.5 Å². The number of thiophene rings is 1. The average molecular weight is 255 g/mol. The number of esters is 1. The minimum atomic E-state index is -0.690. The second-order valence-electron chi connectivity index (χ2n) is 3.76. The molecule has 0 saturated carbocycles. The lowest BCUT2D eigenvalue weighted by Crippen LogP contribution is -2.36. The van der Waals surface area contributed by atoms with Crippen molar-refractivity contribution >= 4 is 23.2 Å². The molecule has 0 N–H and O–H groups in total. The van der Waals surface area contributed by atoms with Crippen molar-refractivity contribution in [3.05, 3.63) is 22.4 Å². The van der Waals surface area contributed by atoms with Crippen LogP contribution >= 0.6 is 11.3 Å². The van der Waals surface area contributed by atoms with Crippen molar-refractivity contribution in [1.29, 1.82) is 0 Å². The van der Waals surface area contributed by atoms with E-state index < -0.39 is 11.9 Å². The summed E-state index contributed by atoms with van der Waals surface area (Å²) < 4.78 is 4.63. The highest BCUT2D eigenvalue weighted by atomic mass is 32.1. The first kappa shape index (κ1) is 13.7. The first-order valence-electron chi connectivity index (χ1n) is 5.45. The summed E-state index contributed by atoms with van der Waals surface area (Å²) in [6.07, 6.45) is 0.459. The van der Waals surface area contributed by atoms with Crippen molar-refractivity contribution in [1.82, 2.24) is 4.90 Å². The molecule has 0 aliphatic rings. The van der Waals surface area contributed by atoms with Gasteiger partial charge in [-0.15, -0.1) is 11.3 Å². The Morgan fingerprint density at radius 3 is 2.71 bits per heavy atom. The van der Waals surface area contributed by atoms with Crippen LogP contribution in [0.4, 0.5) is 0 Å².